The van der Waals surface area contributed by atoms with Crippen LogP contribution in [0.5, 0.6) is 5.75 Å². The quantitative estimate of drug-likeness (QED) is 0.609. The maximum atomic E-state index is 8.85. The highest BCUT2D eigenvalue weighted by atomic mass is 32.2. The summed E-state index contributed by atoms with van der Waals surface area (Å²) >= 11 is 1.85. The second-order valence-corrected chi connectivity index (χ2v) is 7.24. The molecule has 0 aliphatic heterocycles. The van der Waals surface area contributed by atoms with E-state index in [-0.39, 0.29) is 12.2 Å². The molecule has 0 aliphatic carbocycles. The highest BCUT2D eigenvalue weighted by Gasteiger charge is 2.15. The zero-order chi connectivity index (χ0) is 15.3. The Kier molecular flexibility index (Phi) is 5.54. The first-order valence-electron chi connectivity index (χ1n) is 7.46. The van der Waals surface area contributed by atoms with Gasteiger partial charge in [-0.1, -0.05) is 24.3 Å². The molecule has 0 radical (unpaired) electrons. The lowest BCUT2D eigenvalue weighted by Gasteiger charge is -2.23. The van der Waals surface area contributed by atoms with Crippen molar-refractivity contribution < 1.29 is 9.84 Å². The normalized spacial score (nSPS) is 11.8. The molecule has 0 amide bonds. The topological polar surface area (TPSA) is 29.5 Å². The Morgan fingerprint density at radius 2 is 1.71 bits per heavy atom. The van der Waals surface area contributed by atoms with Crippen molar-refractivity contribution in [3.05, 3.63) is 36.4 Å². The van der Waals surface area contributed by atoms with Crippen LogP contribution in [0.25, 0.3) is 10.8 Å². The Bertz CT molecular complexity index is 587. The Balaban J connectivity index is 2.27. The maximum absolute atomic E-state index is 8.85. The van der Waals surface area contributed by atoms with E-state index in [1.54, 1.807) is 0 Å². The third-order valence-corrected chi connectivity index (χ3v) is 4.23. The first-order chi connectivity index (χ1) is 10.0. The largest absolute Gasteiger partial charge is 0.488 e. The van der Waals surface area contributed by atoms with Crippen molar-refractivity contribution in [2.45, 2.75) is 44.1 Å². The first kappa shape index (κ1) is 16.2. The summed E-state index contributed by atoms with van der Waals surface area (Å²) in [5.41, 5.74) is -0.196. The van der Waals surface area contributed by atoms with Crippen LogP contribution in [0.1, 0.15) is 33.6 Å². The Hall–Kier alpha value is -1.19. The van der Waals surface area contributed by atoms with E-state index in [2.05, 4.69) is 57.2 Å². The zero-order valence-corrected chi connectivity index (χ0v) is 13.9. The van der Waals surface area contributed by atoms with Crippen LogP contribution in [0.4, 0.5) is 0 Å². The van der Waals surface area contributed by atoms with Crippen molar-refractivity contribution in [1.29, 1.82) is 0 Å². The van der Waals surface area contributed by atoms with E-state index in [9.17, 15) is 0 Å². The number of aliphatic hydroxyl groups is 1. The molecule has 2 aromatic carbocycles. The van der Waals surface area contributed by atoms with Gasteiger partial charge in [-0.05, 0) is 56.9 Å². The van der Waals surface area contributed by atoms with E-state index in [0.29, 0.717) is 0 Å². The second kappa shape index (κ2) is 7.19. The van der Waals surface area contributed by atoms with Gasteiger partial charge in [-0.2, -0.15) is 0 Å². The van der Waals surface area contributed by atoms with Gasteiger partial charge in [-0.3, -0.25) is 0 Å². The lowest BCUT2D eigenvalue weighted by atomic mass is 10.1. The van der Waals surface area contributed by atoms with Crippen molar-refractivity contribution in [3.8, 4) is 5.75 Å². The van der Waals surface area contributed by atoms with Crippen molar-refractivity contribution in [1.82, 2.24) is 0 Å². The molecule has 0 aromatic heterocycles. The van der Waals surface area contributed by atoms with Gasteiger partial charge in [0.15, 0.2) is 0 Å². The van der Waals surface area contributed by atoms with Crippen LogP contribution in [-0.2, 0) is 0 Å². The van der Waals surface area contributed by atoms with Gasteiger partial charge in [-0.15, -0.1) is 11.8 Å². The Labute approximate surface area is 131 Å². The van der Waals surface area contributed by atoms with Crippen LogP contribution in [0, 0.1) is 0 Å². The lowest BCUT2D eigenvalue weighted by Crippen LogP contribution is -2.23. The van der Waals surface area contributed by atoms with E-state index in [1.165, 1.54) is 15.7 Å². The molecule has 0 saturated heterocycles. The number of hydrogen-bond donors (Lipinski definition) is 1. The fourth-order valence-corrected chi connectivity index (χ4v) is 3.25. The minimum Gasteiger partial charge on any atom is -0.488 e. The molecule has 0 unspecified atom stereocenters. The van der Waals surface area contributed by atoms with Gasteiger partial charge in [0.05, 0.1) is 0 Å². The fourth-order valence-electron chi connectivity index (χ4n) is 2.18. The van der Waals surface area contributed by atoms with Gasteiger partial charge in [0.2, 0.25) is 0 Å². The molecule has 0 fully saturated rings. The molecule has 0 aliphatic rings. The van der Waals surface area contributed by atoms with Crippen LogP contribution in [-0.4, -0.2) is 23.1 Å². The SMILES string of the molecule is CC(C)(C)Oc1ccc(SCCCCO)c2ccccc12. The molecule has 114 valence electrons. The highest BCUT2D eigenvalue weighted by Crippen LogP contribution is 2.35. The van der Waals surface area contributed by atoms with Crippen LogP contribution in [0.15, 0.2) is 41.3 Å². The molecule has 21 heavy (non-hydrogen) atoms. The standard InChI is InChI=1S/C18H24O2S/c1-18(2,3)20-16-10-11-17(21-13-7-6-12-19)15-9-5-4-8-14(15)16/h4-5,8-11,19H,6-7,12-13H2,1-3H3. The van der Waals surface area contributed by atoms with E-state index >= 15 is 0 Å². The molecule has 0 heterocycles. The van der Waals surface area contributed by atoms with Crippen LogP contribution in [0.2, 0.25) is 0 Å². The molecule has 2 nitrogen and oxygen atoms in total. The lowest BCUT2D eigenvalue weighted by molar-refractivity contribution is 0.133. The second-order valence-electron chi connectivity index (χ2n) is 6.10. The van der Waals surface area contributed by atoms with Crippen LogP contribution in [0.3, 0.4) is 0 Å². The number of hydrogen-bond acceptors (Lipinski definition) is 3. The summed E-state index contributed by atoms with van der Waals surface area (Å²) in [5, 5.41) is 11.3. The smallest absolute Gasteiger partial charge is 0.127 e. The summed E-state index contributed by atoms with van der Waals surface area (Å²) < 4.78 is 6.07. The summed E-state index contributed by atoms with van der Waals surface area (Å²) in [4.78, 5) is 1.28. The summed E-state index contributed by atoms with van der Waals surface area (Å²) in [6, 6.07) is 12.6. The summed E-state index contributed by atoms with van der Waals surface area (Å²) in [6.45, 7) is 6.48. The molecule has 1 N–H and O–H groups in total. The molecule has 0 atom stereocenters. The molecule has 3 heteroatoms. The minimum atomic E-state index is -0.196. The zero-order valence-electron chi connectivity index (χ0n) is 13.1. The van der Waals surface area contributed by atoms with Gasteiger partial charge in [0, 0.05) is 16.9 Å². The molecule has 0 bridgehead atoms. The van der Waals surface area contributed by atoms with E-state index in [4.69, 9.17) is 9.84 Å². The molecule has 2 aromatic rings. The summed E-state index contributed by atoms with van der Waals surface area (Å²) in [6.07, 6.45) is 1.91. The minimum absolute atomic E-state index is 0.196. The average Bonchev–Trinajstić information content (AvgIpc) is 2.44. The number of fused-ring (bicyclic) bond motifs is 1. The Morgan fingerprint density at radius 3 is 2.38 bits per heavy atom. The van der Waals surface area contributed by atoms with Crippen LogP contribution < -0.4 is 4.74 Å². The monoisotopic (exact) mass is 304 g/mol. The number of unbranched alkanes of at least 4 members (excludes halogenated alkanes) is 1. The summed E-state index contributed by atoms with van der Waals surface area (Å²) in [7, 11) is 0. The maximum Gasteiger partial charge on any atom is 0.127 e. The number of rotatable bonds is 6. The van der Waals surface area contributed by atoms with Gasteiger partial charge in [0.25, 0.3) is 0 Å². The molecular weight excluding hydrogens is 280 g/mol. The molecule has 2 rings (SSSR count). The predicted octanol–water partition coefficient (Wildman–Crippen LogP) is 4.88. The van der Waals surface area contributed by atoms with Gasteiger partial charge < -0.3 is 9.84 Å². The Morgan fingerprint density at radius 1 is 1.00 bits per heavy atom. The van der Waals surface area contributed by atoms with Crippen molar-refractivity contribution in [3.63, 3.8) is 0 Å². The highest BCUT2D eigenvalue weighted by molar-refractivity contribution is 7.99. The van der Waals surface area contributed by atoms with Crippen molar-refractivity contribution in [2.75, 3.05) is 12.4 Å². The predicted molar refractivity (Wildman–Crippen MR) is 91.4 cm³/mol. The molecule has 0 spiro atoms. The number of thioether (sulfide) groups is 1. The number of benzene rings is 2. The van der Waals surface area contributed by atoms with Gasteiger partial charge in [0.1, 0.15) is 11.4 Å². The van der Waals surface area contributed by atoms with Gasteiger partial charge in [-0.25, -0.2) is 0 Å². The van der Waals surface area contributed by atoms with E-state index in [0.717, 1.165) is 24.3 Å². The van der Waals surface area contributed by atoms with Gasteiger partial charge >= 0.3 is 0 Å². The van der Waals surface area contributed by atoms with Crippen molar-refractivity contribution >= 4 is 22.5 Å². The average molecular weight is 304 g/mol. The first-order valence-corrected chi connectivity index (χ1v) is 8.44. The molecule has 0 saturated carbocycles. The van der Waals surface area contributed by atoms with Crippen molar-refractivity contribution in [2.24, 2.45) is 0 Å². The number of aliphatic hydroxyl groups excluding tert-OH is 1. The summed E-state index contributed by atoms with van der Waals surface area (Å²) in [5.74, 6) is 1.97. The van der Waals surface area contributed by atoms with E-state index < -0.39 is 0 Å². The van der Waals surface area contributed by atoms with E-state index in [1.807, 2.05) is 11.8 Å². The van der Waals surface area contributed by atoms with Crippen LogP contribution >= 0.6 is 11.8 Å². The third kappa shape index (κ3) is 4.65. The third-order valence-electron chi connectivity index (χ3n) is 3.07. The fraction of sp³-hybridized carbons (Fsp3) is 0.444. The number of ether oxygens (including phenoxy) is 1. The molecular formula is C18H24O2S.